The van der Waals surface area contributed by atoms with Crippen molar-refractivity contribution in [1.29, 1.82) is 0 Å². The fraction of sp³-hybridized carbons (Fsp3) is 0.238. The molecular formula is C21H12Cl3F4N3O5. The smallest absolute Gasteiger partial charge is 0.374 e. The predicted octanol–water partition coefficient (Wildman–Crippen LogP) is 4.61. The van der Waals surface area contributed by atoms with Crippen LogP contribution in [0.15, 0.2) is 35.5 Å². The molecule has 3 amide bonds. The first-order chi connectivity index (χ1) is 16.7. The van der Waals surface area contributed by atoms with Crippen LogP contribution >= 0.6 is 34.8 Å². The van der Waals surface area contributed by atoms with Gasteiger partial charge in [0.05, 0.1) is 32.8 Å². The van der Waals surface area contributed by atoms with Gasteiger partial charge in [-0.3, -0.25) is 19.6 Å². The van der Waals surface area contributed by atoms with Gasteiger partial charge in [-0.1, -0.05) is 46.0 Å². The largest absolute Gasteiger partial charge is 0.435 e. The summed E-state index contributed by atoms with van der Waals surface area (Å²) in [6.45, 7) is 0. The molecule has 2 N–H and O–H groups in total. The van der Waals surface area contributed by atoms with Crippen LogP contribution in [-0.2, 0) is 20.0 Å². The highest BCUT2D eigenvalue weighted by atomic mass is 35.5. The van der Waals surface area contributed by atoms with Crippen LogP contribution < -0.4 is 5.32 Å². The normalized spacial score (nSPS) is 22.1. The molecule has 36 heavy (non-hydrogen) atoms. The van der Waals surface area contributed by atoms with Crippen LogP contribution in [0.4, 0.5) is 17.6 Å². The molecule has 0 aliphatic carbocycles. The van der Waals surface area contributed by atoms with Crippen molar-refractivity contribution >= 4 is 58.2 Å². The van der Waals surface area contributed by atoms with Crippen molar-refractivity contribution in [3.8, 4) is 0 Å². The second-order valence-electron chi connectivity index (χ2n) is 7.85. The molecule has 2 aromatic rings. The number of amides is 3. The molecule has 2 aromatic carbocycles. The van der Waals surface area contributed by atoms with Gasteiger partial charge in [0.1, 0.15) is 6.04 Å². The molecule has 0 aromatic heterocycles. The van der Waals surface area contributed by atoms with Crippen LogP contribution in [0.25, 0.3) is 0 Å². The maximum Gasteiger partial charge on any atom is 0.435 e. The lowest BCUT2D eigenvalue weighted by Crippen LogP contribution is -2.42. The van der Waals surface area contributed by atoms with Crippen molar-refractivity contribution < 1.29 is 42.0 Å². The van der Waals surface area contributed by atoms with E-state index >= 15 is 0 Å². The minimum absolute atomic E-state index is 0.0793. The first-order valence-electron chi connectivity index (χ1n) is 9.88. The van der Waals surface area contributed by atoms with Gasteiger partial charge in [-0.25, -0.2) is 4.39 Å². The van der Waals surface area contributed by atoms with Crippen molar-refractivity contribution in [1.82, 2.24) is 10.4 Å². The Morgan fingerprint density at radius 1 is 1.14 bits per heavy atom. The van der Waals surface area contributed by atoms with Crippen LogP contribution in [0.5, 0.6) is 0 Å². The van der Waals surface area contributed by atoms with Gasteiger partial charge in [-0.2, -0.15) is 18.2 Å². The summed E-state index contributed by atoms with van der Waals surface area (Å²) in [5.74, 6) is -3.88. The van der Waals surface area contributed by atoms with Crippen LogP contribution in [0.3, 0.4) is 0 Å². The zero-order chi connectivity index (χ0) is 26.6. The van der Waals surface area contributed by atoms with Gasteiger partial charge in [0.15, 0.2) is 5.82 Å². The van der Waals surface area contributed by atoms with E-state index in [-0.39, 0.29) is 26.9 Å². The first kappa shape index (κ1) is 26.1. The SMILES string of the molecule is O=C(N[C@@H]1CC(=O)N(O)C1=O)c1ccc(C2=NOC(c3cc(Cl)c(F)c(Cl)c3)(C(F)(F)F)C2)cc1Cl. The van der Waals surface area contributed by atoms with E-state index in [4.69, 9.17) is 39.6 Å². The quantitative estimate of drug-likeness (QED) is 0.242. The molecule has 2 heterocycles. The summed E-state index contributed by atoms with van der Waals surface area (Å²) in [5, 5.41) is 13.5. The number of benzene rings is 2. The first-order valence-corrected chi connectivity index (χ1v) is 11.0. The van der Waals surface area contributed by atoms with Gasteiger partial charge in [-0.15, -0.1) is 0 Å². The highest BCUT2D eigenvalue weighted by molar-refractivity contribution is 6.35. The third kappa shape index (κ3) is 4.38. The van der Waals surface area contributed by atoms with Crippen LogP contribution in [-0.4, -0.2) is 45.9 Å². The number of nitrogens with one attached hydrogen (secondary N) is 1. The highest BCUT2D eigenvalue weighted by Gasteiger charge is 2.62. The average Bonchev–Trinajstić information content (AvgIpc) is 3.36. The molecule has 0 bridgehead atoms. The van der Waals surface area contributed by atoms with Crippen molar-refractivity contribution in [2.24, 2.45) is 5.16 Å². The summed E-state index contributed by atoms with van der Waals surface area (Å²) >= 11 is 17.5. The summed E-state index contributed by atoms with van der Waals surface area (Å²) in [4.78, 5) is 40.5. The number of alkyl halides is 3. The molecule has 190 valence electrons. The summed E-state index contributed by atoms with van der Waals surface area (Å²) < 4.78 is 56.2. The number of hydrogen-bond donors (Lipinski definition) is 2. The lowest BCUT2D eigenvalue weighted by molar-refractivity contribution is -0.275. The van der Waals surface area contributed by atoms with Crippen molar-refractivity contribution in [2.75, 3.05) is 0 Å². The van der Waals surface area contributed by atoms with Crippen LogP contribution in [0.2, 0.25) is 15.1 Å². The molecular weight excluding hydrogens is 557 g/mol. The number of rotatable bonds is 4. The molecule has 0 spiro atoms. The van der Waals surface area contributed by atoms with Crippen LogP contribution in [0, 0.1) is 5.82 Å². The van der Waals surface area contributed by atoms with Gasteiger partial charge < -0.3 is 10.2 Å². The third-order valence-corrected chi connectivity index (χ3v) is 6.47. The van der Waals surface area contributed by atoms with Gasteiger partial charge in [0.2, 0.25) is 0 Å². The van der Waals surface area contributed by atoms with Crippen molar-refractivity contribution in [3.05, 3.63) is 67.9 Å². The Balaban J connectivity index is 1.59. The molecule has 15 heteroatoms. The number of nitrogens with zero attached hydrogens (tertiary/aromatic N) is 2. The summed E-state index contributed by atoms with van der Waals surface area (Å²) in [5.41, 5.74) is -3.85. The summed E-state index contributed by atoms with van der Waals surface area (Å²) in [7, 11) is 0. The molecule has 0 saturated carbocycles. The fourth-order valence-electron chi connectivity index (χ4n) is 3.69. The molecule has 1 unspecified atom stereocenters. The Hall–Kier alpha value is -2.93. The standard InChI is InChI=1S/C21H12Cl3F4N3O5/c22-11-3-8(1-2-10(11)18(33)29-14-6-16(32)31(35)19(14)34)15-7-20(36-30-15,21(26,27)28)9-4-12(23)17(25)13(24)5-9/h1-5,14,35H,6-7H2,(H,29,33)/t14-,20?/m1/s1. The zero-order valence-electron chi connectivity index (χ0n) is 17.5. The third-order valence-electron chi connectivity index (χ3n) is 5.61. The average molecular weight is 569 g/mol. The molecule has 2 aliphatic rings. The topological polar surface area (TPSA) is 108 Å². The minimum atomic E-state index is -5.02. The number of carbonyl (C=O) groups is 3. The zero-order valence-corrected chi connectivity index (χ0v) is 19.8. The van der Waals surface area contributed by atoms with E-state index in [1.807, 2.05) is 0 Å². The minimum Gasteiger partial charge on any atom is -0.374 e. The Morgan fingerprint density at radius 2 is 1.78 bits per heavy atom. The highest BCUT2D eigenvalue weighted by Crippen LogP contribution is 2.50. The Morgan fingerprint density at radius 3 is 2.31 bits per heavy atom. The molecule has 1 fully saturated rings. The summed E-state index contributed by atoms with van der Waals surface area (Å²) in [6, 6.07) is 3.78. The molecule has 2 atom stereocenters. The molecule has 4 rings (SSSR count). The van der Waals surface area contributed by atoms with Crippen molar-refractivity contribution in [3.63, 3.8) is 0 Å². The van der Waals surface area contributed by atoms with E-state index in [9.17, 15) is 37.2 Å². The Kier molecular flexibility index (Phi) is 6.67. The number of hydrogen-bond acceptors (Lipinski definition) is 6. The van der Waals surface area contributed by atoms with Gasteiger partial charge in [0, 0.05) is 17.5 Å². The van der Waals surface area contributed by atoms with Gasteiger partial charge in [-0.05, 0) is 24.3 Å². The molecule has 8 nitrogen and oxygen atoms in total. The van der Waals surface area contributed by atoms with E-state index in [0.717, 1.165) is 18.2 Å². The van der Waals surface area contributed by atoms with Gasteiger partial charge in [0.25, 0.3) is 23.3 Å². The van der Waals surface area contributed by atoms with E-state index in [2.05, 4.69) is 10.5 Å². The molecule has 2 aliphatic heterocycles. The molecule has 1 saturated heterocycles. The Labute approximate surface area is 214 Å². The lowest BCUT2D eigenvalue weighted by atomic mass is 9.86. The second kappa shape index (κ2) is 9.18. The van der Waals surface area contributed by atoms with E-state index < -0.39 is 69.8 Å². The van der Waals surface area contributed by atoms with Crippen molar-refractivity contribution in [2.45, 2.75) is 30.7 Å². The second-order valence-corrected chi connectivity index (χ2v) is 9.07. The number of oxime groups is 1. The van der Waals surface area contributed by atoms with E-state index in [1.54, 1.807) is 0 Å². The van der Waals surface area contributed by atoms with E-state index in [1.165, 1.54) is 12.1 Å². The maximum absolute atomic E-state index is 14.2. The van der Waals surface area contributed by atoms with Crippen LogP contribution in [0.1, 0.15) is 34.3 Å². The number of imide groups is 1. The predicted molar refractivity (Wildman–Crippen MR) is 117 cm³/mol. The fourth-order valence-corrected chi connectivity index (χ4v) is 4.45. The lowest BCUT2D eigenvalue weighted by Gasteiger charge is -2.29. The maximum atomic E-state index is 14.2. The monoisotopic (exact) mass is 567 g/mol. The Bertz CT molecular complexity index is 1310. The van der Waals surface area contributed by atoms with E-state index in [0.29, 0.717) is 0 Å². The summed E-state index contributed by atoms with van der Waals surface area (Å²) in [6.07, 6.45) is -6.32. The number of halogens is 7. The number of carbonyl (C=O) groups excluding carboxylic acids is 3. The molecule has 0 radical (unpaired) electrons. The van der Waals surface area contributed by atoms with Gasteiger partial charge >= 0.3 is 6.18 Å². The number of hydroxylamine groups is 2.